The molecule has 0 bridgehead atoms. The van der Waals surface area contributed by atoms with Crippen molar-refractivity contribution in [2.45, 2.75) is 110 Å². The van der Waals surface area contributed by atoms with E-state index in [1.54, 1.807) is 40.1 Å². The number of Topliss-reactive ketones (excluding diaryl/α,β-unsaturated/α-hetero) is 1. The Morgan fingerprint density at radius 1 is 0.607 bits per heavy atom. The lowest BCUT2D eigenvalue weighted by Gasteiger charge is -2.35. The molecule has 452 valence electrons. The molecule has 0 aliphatic carbocycles. The number of nitrogens with two attached hydrogens (primary N) is 3. The Bertz CT molecular complexity index is 3040. The largest absolute Gasteiger partial charge is 0.508 e. The van der Waals surface area contributed by atoms with Crippen molar-refractivity contribution < 1.29 is 54.0 Å². The number of piperazine rings is 2. The van der Waals surface area contributed by atoms with Gasteiger partial charge in [0.2, 0.25) is 29.5 Å². The van der Waals surface area contributed by atoms with Crippen molar-refractivity contribution in [1.29, 1.82) is 5.41 Å². The van der Waals surface area contributed by atoms with Crippen molar-refractivity contribution in [3.63, 3.8) is 0 Å². The van der Waals surface area contributed by atoms with Crippen molar-refractivity contribution in [1.82, 2.24) is 35.6 Å². The standard InChI is InChI=1S/C60H81N13O11/c1-36(2)43-30-45(51(77)32-49(43)75)56(62)67-41-10-6-39(7-11-41)34-69-22-26-71(27-23-69)54(80)17-15-48(68-53(79)16-14-47(61)58(82)65-20-18-38(5)74)59(83)66-21-19-55(81)72-28-24-70(25-29-72)35-40-8-12-42(13-9-40)73(60(64)84)57(63)46-31-44(37(3)4)50(76)33-52(46)78/h6-13,30-33,36-37,47-48,63,75-78H,14-29,34-35,61H2,1-5H3,(H2,62,67)(H2,64,84)(H,65,82)(H,66,83)(H,68,79)/t47-,48-/m1/s1. The molecule has 0 radical (unpaired) electrons. The summed E-state index contributed by atoms with van der Waals surface area (Å²) in [7, 11) is 0. The number of nitrogens with zero attached hydrogens (tertiary/aromatic N) is 6. The smallest absolute Gasteiger partial charge is 0.325 e. The number of rotatable bonds is 25. The maximum absolute atomic E-state index is 13.7. The van der Waals surface area contributed by atoms with E-state index in [2.05, 4.69) is 30.7 Å². The number of nitrogens with one attached hydrogen (secondary N) is 4. The van der Waals surface area contributed by atoms with Crippen LogP contribution >= 0.6 is 0 Å². The number of amidine groups is 2. The second-order valence-electron chi connectivity index (χ2n) is 21.9. The molecule has 0 unspecified atom stereocenters. The molecule has 2 atom stereocenters. The Morgan fingerprint density at radius 3 is 1.60 bits per heavy atom. The van der Waals surface area contributed by atoms with Crippen LogP contribution in [0.1, 0.15) is 118 Å². The molecule has 2 aliphatic rings. The molecule has 2 heterocycles. The number of anilines is 1. The Morgan fingerprint density at radius 2 is 1.08 bits per heavy atom. The minimum absolute atomic E-state index is 0.00150. The van der Waals surface area contributed by atoms with Crippen LogP contribution in [0.5, 0.6) is 23.0 Å². The number of aliphatic imine (C=N–C) groups is 1. The fourth-order valence-corrected chi connectivity index (χ4v) is 9.89. The lowest BCUT2D eigenvalue weighted by Crippen LogP contribution is -2.51. The van der Waals surface area contributed by atoms with E-state index >= 15 is 0 Å². The minimum atomic E-state index is -1.14. The normalized spacial score (nSPS) is 14.9. The Balaban J connectivity index is 0.974. The van der Waals surface area contributed by atoms with Crippen LogP contribution in [0.2, 0.25) is 0 Å². The third kappa shape index (κ3) is 18.2. The molecule has 7 amide bonds. The Kier molecular flexibility index (Phi) is 23.1. The number of amides is 7. The first-order valence-electron chi connectivity index (χ1n) is 28.3. The van der Waals surface area contributed by atoms with Gasteiger partial charge in [-0.25, -0.2) is 14.7 Å². The third-order valence-corrected chi connectivity index (χ3v) is 14.9. The highest BCUT2D eigenvalue weighted by molar-refractivity contribution is 6.22. The first kappa shape index (κ1) is 64.6. The molecule has 14 N–H and O–H groups in total. The summed E-state index contributed by atoms with van der Waals surface area (Å²) in [4.78, 5) is 104. The SMILES string of the molecule is CC(=O)CCNC(=O)[C@H](N)CCC(=O)N[C@H](CCC(=O)N1CCN(Cc2ccc(N=C(N)c3cc(C(C)C)c(O)cc3O)cc2)CC1)C(=O)NCCC(=O)N1CCN(Cc2ccc(N(C(=N)c3cc(C(C)C)c(O)cc3O)C(N)=O)cc2)CC1. The van der Waals surface area contributed by atoms with Gasteiger partial charge in [-0.1, -0.05) is 52.0 Å². The van der Waals surface area contributed by atoms with Gasteiger partial charge >= 0.3 is 6.03 Å². The van der Waals surface area contributed by atoms with E-state index in [0.29, 0.717) is 93.5 Å². The quantitative estimate of drug-likeness (QED) is 0.0333. The number of carbonyl (C=O) groups is 7. The molecule has 24 nitrogen and oxygen atoms in total. The van der Waals surface area contributed by atoms with Gasteiger partial charge in [-0.2, -0.15) is 0 Å². The average Bonchev–Trinajstić information content (AvgIpc) is 3.57. The van der Waals surface area contributed by atoms with Crippen LogP contribution in [0.4, 0.5) is 16.2 Å². The zero-order valence-electron chi connectivity index (χ0n) is 48.5. The maximum Gasteiger partial charge on any atom is 0.325 e. The van der Waals surface area contributed by atoms with Crippen molar-refractivity contribution in [2.24, 2.45) is 22.2 Å². The molecule has 6 rings (SSSR count). The zero-order valence-corrected chi connectivity index (χ0v) is 48.5. The lowest BCUT2D eigenvalue weighted by atomic mass is 9.98. The second kappa shape index (κ2) is 30.1. The summed E-state index contributed by atoms with van der Waals surface area (Å²) in [6.07, 6.45) is -0.211. The summed E-state index contributed by atoms with van der Waals surface area (Å²) in [6.45, 7) is 14.1. The highest BCUT2D eigenvalue weighted by atomic mass is 16.3. The van der Waals surface area contributed by atoms with Crippen LogP contribution in [-0.2, 0) is 41.9 Å². The van der Waals surface area contributed by atoms with Gasteiger partial charge < -0.3 is 63.4 Å². The number of carbonyl (C=O) groups excluding carboxylic acids is 7. The van der Waals surface area contributed by atoms with Crippen molar-refractivity contribution in [3.05, 3.63) is 106 Å². The number of phenolic OH excluding ortho intramolecular Hbond substituents is 4. The Hall–Kier alpha value is -8.61. The number of primary amides is 1. The lowest BCUT2D eigenvalue weighted by molar-refractivity contribution is -0.134. The summed E-state index contributed by atoms with van der Waals surface area (Å²) >= 11 is 0. The van der Waals surface area contributed by atoms with Crippen LogP contribution in [0, 0.1) is 5.41 Å². The van der Waals surface area contributed by atoms with Gasteiger partial charge in [0.05, 0.1) is 28.5 Å². The summed E-state index contributed by atoms with van der Waals surface area (Å²) in [5.41, 5.74) is 22.3. The topological polar surface area (TPSA) is 367 Å². The number of phenols is 4. The third-order valence-electron chi connectivity index (χ3n) is 14.9. The fraction of sp³-hybridized carbons (Fsp3) is 0.450. The van der Waals surface area contributed by atoms with E-state index in [0.717, 1.165) is 22.1 Å². The van der Waals surface area contributed by atoms with Gasteiger partial charge in [-0.3, -0.25) is 44.0 Å². The molecule has 84 heavy (non-hydrogen) atoms. The molecule has 4 aromatic carbocycles. The monoisotopic (exact) mass is 1160 g/mol. The summed E-state index contributed by atoms with van der Waals surface area (Å²) in [5.74, 6) is -3.22. The predicted octanol–water partition coefficient (Wildman–Crippen LogP) is 3.67. The first-order valence-corrected chi connectivity index (χ1v) is 28.3. The molecule has 2 aliphatic heterocycles. The van der Waals surface area contributed by atoms with Crippen LogP contribution < -0.4 is 38.1 Å². The number of hydrogen-bond donors (Lipinski definition) is 11. The van der Waals surface area contributed by atoms with Crippen molar-refractivity contribution in [3.8, 4) is 23.0 Å². The van der Waals surface area contributed by atoms with Crippen LogP contribution in [0.15, 0.2) is 77.8 Å². The van der Waals surface area contributed by atoms with E-state index in [9.17, 15) is 54.0 Å². The first-order chi connectivity index (χ1) is 39.9. The fourth-order valence-electron chi connectivity index (χ4n) is 9.89. The summed E-state index contributed by atoms with van der Waals surface area (Å²) in [6, 6.07) is 16.8. The zero-order chi connectivity index (χ0) is 61.4. The van der Waals surface area contributed by atoms with Gasteiger partial charge in [-0.05, 0) is 90.3 Å². The van der Waals surface area contributed by atoms with Gasteiger partial charge in [0.25, 0.3) is 0 Å². The molecular weight excluding hydrogens is 1080 g/mol. The van der Waals surface area contributed by atoms with Crippen molar-refractivity contribution >= 4 is 64.4 Å². The van der Waals surface area contributed by atoms with E-state index in [1.165, 1.54) is 19.1 Å². The van der Waals surface area contributed by atoms with E-state index < -0.39 is 35.8 Å². The molecular formula is C60H81N13O11. The molecule has 0 saturated carbocycles. The average molecular weight is 1160 g/mol. The number of hydrogen-bond acceptors (Lipinski definition) is 16. The molecule has 2 saturated heterocycles. The van der Waals surface area contributed by atoms with Crippen LogP contribution in [-0.4, -0.2) is 171 Å². The molecule has 2 fully saturated rings. The van der Waals surface area contributed by atoms with E-state index in [1.807, 2.05) is 52.0 Å². The number of ketones is 1. The highest BCUT2D eigenvalue weighted by Gasteiger charge is 2.29. The predicted molar refractivity (Wildman–Crippen MR) is 318 cm³/mol. The van der Waals surface area contributed by atoms with Crippen LogP contribution in [0.3, 0.4) is 0 Å². The number of aromatic hydroxyl groups is 4. The van der Waals surface area contributed by atoms with Gasteiger partial charge in [-0.15, -0.1) is 0 Å². The number of urea groups is 1. The molecule has 0 spiro atoms. The van der Waals surface area contributed by atoms with Gasteiger partial charge in [0.1, 0.15) is 46.5 Å². The molecule has 4 aromatic rings. The number of benzene rings is 4. The maximum atomic E-state index is 13.7. The highest BCUT2D eigenvalue weighted by Crippen LogP contribution is 2.35. The molecule has 24 heteroatoms. The van der Waals surface area contributed by atoms with Gasteiger partial charge in [0.15, 0.2) is 0 Å². The minimum Gasteiger partial charge on any atom is -0.508 e. The summed E-state index contributed by atoms with van der Waals surface area (Å²) in [5, 5.41) is 58.4. The van der Waals surface area contributed by atoms with E-state index in [-0.39, 0.29) is 121 Å². The molecule has 0 aromatic heterocycles. The Labute approximate surface area is 489 Å². The van der Waals surface area contributed by atoms with E-state index in [4.69, 9.17) is 22.6 Å². The van der Waals surface area contributed by atoms with Crippen LogP contribution in [0.25, 0.3) is 0 Å². The van der Waals surface area contributed by atoms with Crippen molar-refractivity contribution in [2.75, 3.05) is 70.3 Å². The van der Waals surface area contributed by atoms with Gasteiger partial charge in [0, 0.05) is 116 Å². The summed E-state index contributed by atoms with van der Waals surface area (Å²) < 4.78 is 0. The second-order valence-corrected chi connectivity index (χ2v) is 21.9.